The Kier molecular flexibility index (Phi) is 2.20. The van der Waals surface area contributed by atoms with E-state index in [1.165, 1.54) is 21.9 Å². The predicted octanol–water partition coefficient (Wildman–Crippen LogP) is 3.77. The molecule has 90 valence electrons. The molecule has 3 aromatic carbocycles. The van der Waals surface area contributed by atoms with E-state index in [1.54, 1.807) is 0 Å². The van der Waals surface area contributed by atoms with Crippen molar-refractivity contribution in [1.82, 2.24) is 0 Å². The number of hydrogen-bond acceptors (Lipinski definition) is 2. The molecule has 0 aliphatic rings. The van der Waals surface area contributed by atoms with Crippen molar-refractivity contribution >= 4 is 32.9 Å². The fourth-order valence-electron chi connectivity index (χ4n) is 2.60. The molecule has 2 heteroatoms. The first kappa shape index (κ1) is 10.9. The molecule has 0 bridgehead atoms. The molecule has 0 saturated carbocycles. The summed E-state index contributed by atoms with van der Waals surface area (Å²) in [6.45, 7) is 4.22. The zero-order valence-electron chi connectivity index (χ0n) is 10.6. The van der Waals surface area contributed by atoms with E-state index in [9.17, 15) is 0 Å². The molecule has 0 atom stereocenters. The second-order valence-electron chi connectivity index (χ2n) is 4.95. The van der Waals surface area contributed by atoms with Crippen LogP contribution in [0.15, 0.2) is 36.4 Å². The highest BCUT2D eigenvalue weighted by Gasteiger charge is 2.07. The Labute approximate surface area is 106 Å². The molecular weight excluding hydrogens is 220 g/mol. The summed E-state index contributed by atoms with van der Waals surface area (Å²) in [7, 11) is 0. The lowest BCUT2D eigenvalue weighted by atomic mass is 9.95. The molecule has 3 rings (SSSR count). The molecule has 0 amide bonds. The van der Waals surface area contributed by atoms with Gasteiger partial charge >= 0.3 is 0 Å². The SMILES string of the molecule is Cc1ccc2c(C)cc3c(N)cc(N)cc3c2c1. The molecule has 0 aromatic heterocycles. The van der Waals surface area contributed by atoms with E-state index in [0.29, 0.717) is 5.69 Å². The maximum absolute atomic E-state index is 6.08. The lowest BCUT2D eigenvalue weighted by Gasteiger charge is -2.11. The molecule has 0 radical (unpaired) electrons. The summed E-state index contributed by atoms with van der Waals surface area (Å²) in [6, 6.07) is 12.5. The van der Waals surface area contributed by atoms with Crippen molar-refractivity contribution in [2.24, 2.45) is 0 Å². The summed E-state index contributed by atoms with van der Waals surface area (Å²) in [5, 5.41) is 4.71. The van der Waals surface area contributed by atoms with Gasteiger partial charge in [-0.05, 0) is 53.8 Å². The molecule has 2 nitrogen and oxygen atoms in total. The number of anilines is 2. The van der Waals surface area contributed by atoms with E-state index < -0.39 is 0 Å². The Hall–Kier alpha value is -2.22. The third-order valence-electron chi connectivity index (χ3n) is 3.49. The molecule has 0 fully saturated rings. The number of nitrogen functional groups attached to an aromatic ring is 2. The minimum atomic E-state index is 0.714. The Morgan fingerprint density at radius 1 is 0.722 bits per heavy atom. The van der Waals surface area contributed by atoms with E-state index in [-0.39, 0.29) is 0 Å². The van der Waals surface area contributed by atoms with Gasteiger partial charge in [0.25, 0.3) is 0 Å². The van der Waals surface area contributed by atoms with Gasteiger partial charge in [-0.1, -0.05) is 23.8 Å². The van der Waals surface area contributed by atoms with Crippen molar-refractivity contribution < 1.29 is 0 Å². The van der Waals surface area contributed by atoms with Gasteiger partial charge in [-0.25, -0.2) is 0 Å². The van der Waals surface area contributed by atoms with Crippen molar-refractivity contribution in [2.75, 3.05) is 11.5 Å². The molecule has 0 aliphatic carbocycles. The third-order valence-corrected chi connectivity index (χ3v) is 3.49. The van der Waals surface area contributed by atoms with E-state index in [1.807, 2.05) is 12.1 Å². The van der Waals surface area contributed by atoms with E-state index >= 15 is 0 Å². The zero-order valence-corrected chi connectivity index (χ0v) is 10.6. The van der Waals surface area contributed by atoms with Gasteiger partial charge < -0.3 is 11.5 Å². The number of nitrogens with two attached hydrogens (primary N) is 2. The predicted molar refractivity (Wildman–Crippen MR) is 79.8 cm³/mol. The zero-order chi connectivity index (χ0) is 12.9. The van der Waals surface area contributed by atoms with Gasteiger partial charge in [-0.15, -0.1) is 0 Å². The first-order valence-electron chi connectivity index (χ1n) is 6.05. The molecule has 0 aliphatic heterocycles. The molecular formula is C16H16N2. The number of rotatable bonds is 0. The number of fused-ring (bicyclic) bond motifs is 3. The van der Waals surface area contributed by atoms with Crippen LogP contribution in [0.25, 0.3) is 21.5 Å². The fraction of sp³-hybridized carbons (Fsp3) is 0.125. The summed E-state index contributed by atoms with van der Waals surface area (Å²) >= 11 is 0. The van der Waals surface area contributed by atoms with Crippen LogP contribution in [0.3, 0.4) is 0 Å². The lowest BCUT2D eigenvalue weighted by molar-refractivity contribution is 1.49. The maximum atomic E-state index is 6.08. The van der Waals surface area contributed by atoms with Gasteiger partial charge in [0.1, 0.15) is 0 Å². The average molecular weight is 236 g/mol. The molecule has 0 heterocycles. The van der Waals surface area contributed by atoms with Gasteiger partial charge in [0, 0.05) is 16.8 Å². The number of hydrogen-bond donors (Lipinski definition) is 2. The molecule has 0 unspecified atom stereocenters. The van der Waals surface area contributed by atoms with Crippen LogP contribution in [0.1, 0.15) is 11.1 Å². The number of benzene rings is 3. The molecule has 0 spiro atoms. The van der Waals surface area contributed by atoms with Crippen LogP contribution in [0, 0.1) is 13.8 Å². The summed E-state index contributed by atoms with van der Waals surface area (Å²) in [5.41, 5.74) is 15.9. The van der Waals surface area contributed by atoms with Crippen molar-refractivity contribution in [1.29, 1.82) is 0 Å². The van der Waals surface area contributed by atoms with Gasteiger partial charge in [0.2, 0.25) is 0 Å². The maximum Gasteiger partial charge on any atom is 0.0414 e. The first-order valence-corrected chi connectivity index (χ1v) is 6.05. The summed E-state index contributed by atoms with van der Waals surface area (Å²) in [6.07, 6.45) is 0. The van der Waals surface area contributed by atoms with Gasteiger partial charge in [-0.3, -0.25) is 0 Å². The van der Waals surface area contributed by atoms with Gasteiger partial charge in [0.05, 0.1) is 0 Å². The Bertz CT molecular complexity index is 768. The molecule has 4 N–H and O–H groups in total. The molecule has 0 saturated heterocycles. The highest BCUT2D eigenvalue weighted by molar-refractivity contribution is 6.13. The van der Waals surface area contributed by atoms with Crippen molar-refractivity contribution in [3.05, 3.63) is 47.5 Å². The highest BCUT2D eigenvalue weighted by atomic mass is 14.6. The first-order chi connectivity index (χ1) is 8.56. The van der Waals surface area contributed by atoms with Crippen LogP contribution in [-0.2, 0) is 0 Å². The monoisotopic (exact) mass is 236 g/mol. The van der Waals surface area contributed by atoms with Crippen molar-refractivity contribution in [2.45, 2.75) is 13.8 Å². The van der Waals surface area contributed by atoms with Gasteiger partial charge in [0.15, 0.2) is 0 Å². The van der Waals surface area contributed by atoms with Crippen LogP contribution in [0.2, 0.25) is 0 Å². The number of aryl methyl sites for hydroxylation is 2. The van der Waals surface area contributed by atoms with Crippen molar-refractivity contribution in [3.8, 4) is 0 Å². The quantitative estimate of drug-likeness (QED) is 0.461. The smallest absolute Gasteiger partial charge is 0.0414 e. The fourth-order valence-corrected chi connectivity index (χ4v) is 2.60. The summed E-state index contributed by atoms with van der Waals surface area (Å²) in [4.78, 5) is 0. The third kappa shape index (κ3) is 1.50. The minimum absolute atomic E-state index is 0.714. The van der Waals surface area contributed by atoms with Crippen LogP contribution < -0.4 is 11.5 Å². The van der Waals surface area contributed by atoms with Crippen LogP contribution >= 0.6 is 0 Å². The second-order valence-corrected chi connectivity index (χ2v) is 4.95. The van der Waals surface area contributed by atoms with Crippen molar-refractivity contribution in [3.63, 3.8) is 0 Å². The Morgan fingerprint density at radius 2 is 1.44 bits per heavy atom. The molecule has 18 heavy (non-hydrogen) atoms. The summed E-state index contributed by atoms with van der Waals surface area (Å²) in [5.74, 6) is 0. The lowest BCUT2D eigenvalue weighted by Crippen LogP contribution is -1.93. The second kappa shape index (κ2) is 3.64. The van der Waals surface area contributed by atoms with E-state index in [0.717, 1.165) is 16.5 Å². The topological polar surface area (TPSA) is 52.0 Å². The Balaban J connectivity index is 2.62. The standard InChI is InChI=1S/C16H16N2/c1-9-3-4-12-10(2)6-15-14(13(12)5-9)7-11(17)8-16(15)18/h3-8H,17-18H2,1-2H3. The van der Waals surface area contributed by atoms with Gasteiger partial charge in [-0.2, -0.15) is 0 Å². The molecule has 3 aromatic rings. The van der Waals surface area contributed by atoms with E-state index in [4.69, 9.17) is 11.5 Å². The highest BCUT2D eigenvalue weighted by Crippen LogP contribution is 2.33. The van der Waals surface area contributed by atoms with Crippen LogP contribution in [0.4, 0.5) is 11.4 Å². The average Bonchev–Trinajstić information content (AvgIpc) is 2.31. The minimum Gasteiger partial charge on any atom is -0.399 e. The van der Waals surface area contributed by atoms with Crippen LogP contribution in [-0.4, -0.2) is 0 Å². The normalized spacial score (nSPS) is 11.2. The Morgan fingerprint density at radius 3 is 2.22 bits per heavy atom. The van der Waals surface area contributed by atoms with E-state index in [2.05, 4.69) is 38.1 Å². The van der Waals surface area contributed by atoms with Crippen LogP contribution in [0.5, 0.6) is 0 Å². The largest absolute Gasteiger partial charge is 0.399 e. The summed E-state index contributed by atoms with van der Waals surface area (Å²) < 4.78 is 0.